The van der Waals surface area contributed by atoms with Crippen molar-refractivity contribution in [1.29, 1.82) is 0 Å². The molecule has 0 fully saturated rings. The van der Waals surface area contributed by atoms with E-state index in [-0.39, 0.29) is 0 Å². The van der Waals surface area contributed by atoms with Gasteiger partial charge in [0.15, 0.2) is 0 Å². The molecule has 1 aromatic carbocycles. The zero-order valence-corrected chi connectivity index (χ0v) is 14.7. The molecule has 0 aromatic heterocycles. The molecule has 0 N–H and O–H groups in total. The minimum Gasteiger partial charge on any atom is -0.492 e. The van der Waals surface area contributed by atoms with Gasteiger partial charge in [0.1, 0.15) is 12.4 Å². The predicted molar refractivity (Wildman–Crippen MR) is 86.6 cm³/mol. The summed E-state index contributed by atoms with van der Waals surface area (Å²) in [5.41, 5.74) is 2.60. The first-order valence-electron chi connectivity index (χ1n) is 6.43. The van der Waals surface area contributed by atoms with E-state index < -0.39 is 0 Å². The maximum absolute atomic E-state index is 6.07. The van der Waals surface area contributed by atoms with Crippen LogP contribution in [0.5, 0.6) is 5.75 Å². The number of hydrogen-bond donors (Lipinski definition) is 0. The van der Waals surface area contributed by atoms with E-state index in [0.717, 1.165) is 11.1 Å². The van der Waals surface area contributed by atoms with Crippen molar-refractivity contribution in [2.45, 2.75) is 44.4 Å². The van der Waals surface area contributed by atoms with Gasteiger partial charge in [-0.3, -0.25) is 0 Å². The molecule has 1 nitrogen and oxygen atoms in total. The van der Waals surface area contributed by atoms with Crippen molar-refractivity contribution in [2.75, 3.05) is 11.9 Å². The average Bonchev–Trinajstić information content (AvgIpc) is 2.34. The van der Waals surface area contributed by atoms with E-state index >= 15 is 0 Å². The first-order chi connectivity index (χ1) is 8.47. The lowest BCUT2D eigenvalue weighted by molar-refractivity contribution is 0.316. The van der Waals surface area contributed by atoms with Gasteiger partial charge in [-0.15, -0.1) is 0 Å². The van der Waals surface area contributed by atoms with Crippen LogP contribution in [-0.4, -0.2) is 16.8 Å². The van der Waals surface area contributed by atoms with E-state index in [1.807, 2.05) is 0 Å². The first kappa shape index (κ1) is 16.0. The summed E-state index contributed by atoms with van der Waals surface area (Å²) in [5.74, 6) is 2.04. The lowest BCUT2D eigenvalue weighted by Gasteiger charge is -2.20. The topological polar surface area (TPSA) is 9.23 Å². The van der Waals surface area contributed by atoms with E-state index in [1.54, 1.807) is 0 Å². The van der Waals surface area contributed by atoms with Crippen molar-refractivity contribution in [1.82, 2.24) is 0 Å². The van der Waals surface area contributed by atoms with Crippen LogP contribution < -0.4 is 4.74 Å². The SMILES string of the molecule is CC(C)c1cccc(C(C)C)c1OCC(Br)CBr. The predicted octanol–water partition coefficient (Wildman–Crippen LogP) is 5.47. The number of rotatable bonds is 6. The van der Waals surface area contributed by atoms with Crippen molar-refractivity contribution >= 4 is 31.9 Å². The Morgan fingerprint density at radius 2 is 1.56 bits per heavy atom. The summed E-state index contributed by atoms with van der Waals surface area (Å²) in [6.45, 7) is 9.53. The summed E-state index contributed by atoms with van der Waals surface area (Å²) in [5, 5.41) is 0.897. The van der Waals surface area contributed by atoms with E-state index in [9.17, 15) is 0 Å². The Kier molecular flexibility index (Phi) is 6.72. The zero-order chi connectivity index (χ0) is 13.7. The van der Waals surface area contributed by atoms with E-state index in [2.05, 4.69) is 77.8 Å². The summed E-state index contributed by atoms with van der Waals surface area (Å²) in [7, 11) is 0. The Bertz CT molecular complexity index is 349. The lowest BCUT2D eigenvalue weighted by atomic mass is 9.94. The van der Waals surface area contributed by atoms with Gasteiger partial charge < -0.3 is 4.74 Å². The number of halogens is 2. The third-order valence-corrected chi connectivity index (χ3v) is 5.13. The molecular formula is C15H22Br2O. The van der Waals surface area contributed by atoms with Gasteiger partial charge in [0.05, 0.1) is 4.83 Å². The van der Waals surface area contributed by atoms with Gasteiger partial charge in [-0.2, -0.15) is 0 Å². The van der Waals surface area contributed by atoms with Crippen LogP contribution in [0, 0.1) is 0 Å². The van der Waals surface area contributed by atoms with Crippen LogP contribution >= 0.6 is 31.9 Å². The largest absolute Gasteiger partial charge is 0.492 e. The molecule has 102 valence electrons. The summed E-state index contributed by atoms with van der Waals surface area (Å²) < 4.78 is 6.07. The first-order valence-corrected chi connectivity index (χ1v) is 8.46. The second kappa shape index (κ2) is 7.54. The molecule has 0 amide bonds. The Balaban J connectivity index is 3.03. The van der Waals surface area contributed by atoms with Crippen LogP contribution in [0.25, 0.3) is 0 Å². The molecule has 0 aliphatic heterocycles. The summed E-state index contributed by atoms with van der Waals surface area (Å²) in [4.78, 5) is 0.345. The molecule has 18 heavy (non-hydrogen) atoms. The summed E-state index contributed by atoms with van der Waals surface area (Å²) in [6, 6.07) is 6.47. The molecular weight excluding hydrogens is 356 g/mol. The normalized spacial score (nSPS) is 13.1. The number of alkyl halides is 2. The minimum atomic E-state index is 0.345. The van der Waals surface area contributed by atoms with Crippen molar-refractivity contribution < 1.29 is 4.74 Å². The third-order valence-electron chi connectivity index (χ3n) is 2.90. The third kappa shape index (κ3) is 4.27. The van der Waals surface area contributed by atoms with E-state index in [4.69, 9.17) is 4.74 Å². The molecule has 1 aromatic rings. The summed E-state index contributed by atoms with van der Waals surface area (Å²) >= 11 is 7.04. The summed E-state index contributed by atoms with van der Waals surface area (Å²) in [6.07, 6.45) is 0. The molecule has 1 unspecified atom stereocenters. The number of hydrogen-bond acceptors (Lipinski definition) is 1. The molecule has 0 aliphatic rings. The van der Waals surface area contributed by atoms with Gasteiger partial charge in [0.2, 0.25) is 0 Å². The van der Waals surface area contributed by atoms with Crippen LogP contribution in [-0.2, 0) is 0 Å². The van der Waals surface area contributed by atoms with Crippen molar-refractivity contribution in [3.8, 4) is 5.75 Å². The zero-order valence-electron chi connectivity index (χ0n) is 11.5. The fourth-order valence-electron chi connectivity index (χ4n) is 1.87. The van der Waals surface area contributed by atoms with Crippen LogP contribution in [0.1, 0.15) is 50.7 Å². The van der Waals surface area contributed by atoms with E-state index in [1.165, 1.54) is 11.1 Å². The van der Waals surface area contributed by atoms with Gasteiger partial charge >= 0.3 is 0 Å². The number of para-hydroxylation sites is 1. The van der Waals surface area contributed by atoms with E-state index in [0.29, 0.717) is 23.3 Å². The highest BCUT2D eigenvalue weighted by Crippen LogP contribution is 2.34. The van der Waals surface area contributed by atoms with Crippen LogP contribution in [0.4, 0.5) is 0 Å². The second-order valence-electron chi connectivity index (χ2n) is 5.14. The van der Waals surface area contributed by atoms with Crippen LogP contribution in [0.15, 0.2) is 18.2 Å². The molecule has 3 heteroatoms. The highest BCUT2D eigenvalue weighted by atomic mass is 79.9. The number of ether oxygens (including phenoxy) is 1. The lowest BCUT2D eigenvalue weighted by Crippen LogP contribution is -2.14. The van der Waals surface area contributed by atoms with Crippen molar-refractivity contribution in [3.05, 3.63) is 29.3 Å². The molecule has 0 spiro atoms. The second-order valence-corrected chi connectivity index (χ2v) is 7.08. The Labute approximate surface area is 128 Å². The van der Waals surface area contributed by atoms with Gasteiger partial charge in [-0.25, -0.2) is 0 Å². The highest BCUT2D eigenvalue weighted by Gasteiger charge is 2.15. The fourth-order valence-corrected chi connectivity index (χ4v) is 2.19. The highest BCUT2D eigenvalue weighted by molar-refractivity contribution is 9.12. The molecule has 1 rings (SSSR count). The molecule has 0 heterocycles. The monoisotopic (exact) mass is 376 g/mol. The number of benzene rings is 1. The average molecular weight is 378 g/mol. The van der Waals surface area contributed by atoms with Crippen LogP contribution in [0.2, 0.25) is 0 Å². The maximum Gasteiger partial charge on any atom is 0.126 e. The van der Waals surface area contributed by atoms with Gasteiger partial charge in [-0.1, -0.05) is 77.8 Å². The fraction of sp³-hybridized carbons (Fsp3) is 0.600. The molecule has 0 bridgehead atoms. The molecule has 0 aliphatic carbocycles. The minimum absolute atomic E-state index is 0.345. The van der Waals surface area contributed by atoms with Gasteiger partial charge in [0.25, 0.3) is 0 Å². The van der Waals surface area contributed by atoms with Gasteiger partial charge in [0, 0.05) is 5.33 Å². The molecule has 1 atom stereocenters. The quantitative estimate of drug-likeness (QED) is 0.597. The van der Waals surface area contributed by atoms with Crippen molar-refractivity contribution in [3.63, 3.8) is 0 Å². The Hall–Kier alpha value is -0.0200. The Morgan fingerprint density at radius 1 is 1.06 bits per heavy atom. The maximum atomic E-state index is 6.07. The molecule has 0 radical (unpaired) electrons. The molecule has 0 saturated heterocycles. The van der Waals surface area contributed by atoms with Gasteiger partial charge in [-0.05, 0) is 23.0 Å². The van der Waals surface area contributed by atoms with Crippen molar-refractivity contribution in [2.24, 2.45) is 0 Å². The van der Waals surface area contributed by atoms with Crippen LogP contribution in [0.3, 0.4) is 0 Å². The smallest absolute Gasteiger partial charge is 0.126 e. The molecule has 0 saturated carbocycles. The standard InChI is InChI=1S/C15H22Br2O/c1-10(2)13-6-5-7-14(11(3)4)15(13)18-9-12(17)8-16/h5-7,10-12H,8-9H2,1-4H3. The Morgan fingerprint density at radius 3 is 1.94 bits per heavy atom.